The fourth-order valence-corrected chi connectivity index (χ4v) is 2.00. The molecule has 0 amide bonds. The summed E-state index contributed by atoms with van der Waals surface area (Å²) in [7, 11) is 0. The Morgan fingerprint density at radius 2 is 1.95 bits per heavy atom. The smallest absolute Gasteiger partial charge is 0.135 e. The molecule has 0 aliphatic heterocycles. The Bertz CT molecular complexity index is 626. The first-order chi connectivity index (χ1) is 9.99. The van der Waals surface area contributed by atoms with Crippen molar-refractivity contribution in [2.45, 2.75) is 33.1 Å². The molecule has 21 heavy (non-hydrogen) atoms. The largest absolute Gasteiger partial charge is 0.383 e. The minimum Gasteiger partial charge on any atom is -0.383 e. The Morgan fingerprint density at radius 1 is 1.24 bits per heavy atom. The van der Waals surface area contributed by atoms with Gasteiger partial charge >= 0.3 is 0 Å². The van der Waals surface area contributed by atoms with Crippen molar-refractivity contribution >= 4 is 11.6 Å². The number of nitrogens with two attached hydrogens (primary N) is 1. The molecule has 0 bridgehead atoms. The lowest BCUT2D eigenvalue weighted by Crippen LogP contribution is -2.13. The van der Waals surface area contributed by atoms with Gasteiger partial charge in [0, 0.05) is 18.0 Å². The second-order valence-corrected chi connectivity index (χ2v) is 5.36. The van der Waals surface area contributed by atoms with Crippen molar-refractivity contribution in [3.8, 4) is 0 Å². The standard InChI is InChI=1S/C16H21FN4/c1-10(2)15-20-14(18)11(3)16(21-15)19-9-8-12-6-4-5-7-13(12)17/h4-7,10H,8-9H2,1-3H3,(H3,18,19,20,21). The third-order valence-corrected chi connectivity index (χ3v) is 3.36. The van der Waals surface area contributed by atoms with E-state index in [4.69, 9.17) is 5.73 Å². The molecule has 0 unspecified atom stereocenters. The van der Waals surface area contributed by atoms with Gasteiger partial charge in [-0.25, -0.2) is 14.4 Å². The van der Waals surface area contributed by atoms with Gasteiger partial charge in [0.05, 0.1) is 0 Å². The Kier molecular flexibility index (Phi) is 4.73. The highest BCUT2D eigenvalue weighted by atomic mass is 19.1. The summed E-state index contributed by atoms with van der Waals surface area (Å²) >= 11 is 0. The lowest BCUT2D eigenvalue weighted by Gasteiger charge is -2.13. The number of anilines is 2. The van der Waals surface area contributed by atoms with Crippen LogP contribution in [0.25, 0.3) is 0 Å². The predicted molar refractivity (Wildman–Crippen MR) is 83.9 cm³/mol. The number of nitrogens with zero attached hydrogens (tertiary/aromatic N) is 2. The summed E-state index contributed by atoms with van der Waals surface area (Å²) in [4.78, 5) is 8.77. The maximum atomic E-state index is 13.6. The first kappa shape index (κ1) is 15.2. The van der Waals surface area contributed by atoms with E-state index in [0.717, 1.165) is 11.4 Å². The molecule has 0 aliphatic carbocycles. The first-order valence-corrected chi connectivity index (χ1v) is 7.10. The van der Waals surface area contributed by atoms with Crippen molar-refractivity contribution in [3.05, 3.63) is 47.0 Å². The zero-order valence-corrected chi connectivity index (χ0v) is 12.7. The van der Waals surface area contributed by atoms with Crippen LogP contribution in [0.4, 0.5) is 16.0 Å². The van der Waals surface area contributed by atoms with E-state index in [1.165, 1.54) is 6.07 Å². The van der Waals surface area contributed by atoms with Gasteiger partial charge in [-0.2, -0.15) is 0 Å². The van der Waals surface area contributed by atoms with E-state index in [9.17, 15) is 4.39 Å². The number of halogens is 1. The number of rotatable bonds is 5. The van der Waals surface area contributed by atoms with Crippen LogP contribution in [0, 0.1) is 12.7 Å². The van der Waals surface area contributed by atoms with E-state index in [1.54, 1.807) is 12.1 Å². The molecule has 1 heterocycles. The molecule has 0 radical (unpaired) electrons. The van der Waals surface area contributed by atoms with Gasteiger partial charge < -0.3 is 11.1 Å². The molecule has 0 saturated carbocycles. The molecule has 5 heteroatoms. The molecule has 0 aliphatic rings. The molecular formula is C16H21FN4. The molecule has 4 nitrogen and oxygen atoms in total. The average Bonchev–Trinajstić information content (AvgIpc) is 2.45. The van der Waals surface area contributed by atoms with Crippen molar-refractivity contribution in [1.82, 2.24) is 9.97 Å². The van der Waals surface area contributed by atoms with Gasteiger partial charge in [-0.3, -0.25) is 0 Å². The second kappa shape index (κ2) is 6.52. The fourth-order valence-electron chi connectivity index (χ4n) is 2.00. The number of nitrogens with one attached hydrogen (secondary N) is 1. The van der Waals surface area contributed by atoms with Crippen LogP contribution in [0.2, 0.25) is 0 Å². The Morgan fingerprint density at radius 3 is 2.62 bits per heavy atom. The summed E-state index contributed by atoms with van der Waals surface area (Å²) in [6.07, 6.45) is 0.590. The number of benzene rings is 1. The average molecular weight is 288 g/mol. The molecule has 1 aromatic carbocycles. The third kappa shape index (κ3) is 3.68. The van der Waals surface area contributed by atoms with Crippen molar-refractivity contribution in [3.63, 3.8) is 0 Å². The first-order valence-electron chi connectivity index (χ1n) is 7.10. The van der Waals surface area contributed by atoms with E-state index in [1.807, 2.05) is 26.8 Å². The molecule has 112 valence electrons. The van der Waals surface area contributed by atoms with E-state index in [0.29, 0.717) is 30.2 Å². The normalized spacial score (nSPS) is 10.9. The number of hydrogen-bond donors (Lipinski definition) is 2. The number of hydrogen-bond acceptors (Lipinski definition) is 4. The highest BCUT2D eigenvalue weighted by Crippen LogP contribution is 2.21. The summed E-state index contributed by atoms with van der Waals surface area (Å²) in [6.45, 7) is 6.51. The van der Waals surface area contributed by atoms with Crippen LogP contribution in [0.5, 0.6) is 0 Å². The van der Waals surface area contributed by atoms with Crippen LogP contribution < -0.4 is 11.1 Å². The zero-order valence-electron chi connectivity index (χ0n) is 12.7. The monoisotopic (exact) mass is 288 g/mol. The topological polar surface area (TPSA) is 63.8 Å². The minimum atomic E-state index is -0.180. The summed E-state index contributed by atoms with van der Waals surface area (Å²) in [5, 5.41) is 3.23. The summed E-state index contributed by atoms with van der Waals surface area (Å²) < 4.78 is 13.6. The van der Waals surface area contributed by atoms with Gasteiger partial charge in [-0.05, 0) is 25.0 Å². The second-order valence-electron chi connectivity index (χ2n) is 5.36. The quantitative estimate of drug-likeness (QED) is 0.886. The Balaban J connectivity index is 2.08. The highest BCUT2D eigenvalue weighted by Gasteiger charge is 2.11. The Hall–Kier alpha value is -2.17. The molecule has 3 N–H and O–H groups in total. The van der Waals surface area contributed by atoms with Crippen molar-refractivity contribution in [1.29, 1.82) is 0 Å². The molecule has 0 saturated heterocycles. The SMILES string of the molecule is Cc1c(N)nc(C(C)C)nc1NCCc1ccccc1F. The van der Waals surface area contributed by atoms with Crippen molar-refractivity contribution < 1.29 is 4.39 Å². The minimum absolute atomic E-state index is 0.180. The van der Waals surface area contributed by atoms with Gasteiger partial charge in [0.15, 0.2) is 0 Å². The van der Waals surface area contributed by atoms with Gasteiger partial charge in [0.1, 0.15) is 23.3 Å². The van der Waals surface area contributed by atoms with Gasteiger partial charge in [-0.15, -0.1) is 0 Å². The maximum Gasteiger partial charge on any atom is 0.135 e. The molecule has 2 rings (SSSR count). The van der Waals surface area contributed by atoms with E-state index in [-0.39, 0.29) is 11.7 Å². The molecule has 0 atom stereocenters. The lowest BCUT2D eigenvalue weighted by molar-refractivity contribution is 0.610. The summed E-state index contributed by atoms with van der Waals surface area (Å²) in [5.41, 5.74) is 7.43. The lowest BCUT2D eigenvalue weighted by atomic mass is 10.1. The van der Waals surface area contributed by atoms with Crippen LogP contribution in [-0.4, -0.2) is 16.5 Å². The third-order valence-electron chi connectivity index (χ3n) is 3.36. The maximum absolute atomic E-state index is 13.6. The van der Waals surface area contributed by atoms with Crippen LogP contribution in [0.3, 0.4) is 0 Å². The van der Waals surface area contributed by atoms with E-state index >= 15 is 0 Å². The molecule has 0 fully saturated rings. The van der Waals surface area contributed by atoms with Crippen LogP contribution >= 0.6 is 0 Å². The molecular weight excluding hydrogens is 267 g/mol. The molecule has 0 spiro atoms. The van der Waals surface area contributed by atoms with Crippen LogP contribution in [0.1, 0.15) is 36.7 Å². The molecule has 2 aromatic rings. The fraction of sp³-hybridized carbons (Fsp3) is 0.375. The van der Waals surface area contributed by atoms with Crippen molar-refractivity contribution in [2.75, 3.05) is 17.6 Å². The van der Waals surface area contributed by atoms with E-state index in [2.05, 4.69) is 15.3 Å². The summed E-state index contributed by atoms with van der Waals surface area (Å²) in [5.74, 6) is 1.96. The Labute approximate surface area is 124 Å². The van der Waals surface area contributed by atoms with Gasteiger partial charge in [0.2, 0.25) is 0 Å². The van der Waals surface area contributed by atoms with Crippen molar-refractivity contribution in [2.24, 2.45) is 0 Å². The van der Waals surface area contributed by atoms with Gasteiger partial charge in [0.25, 0.3) is 0 Å². The van der Waals surface area contributed by atoms with E-state index < -0.39 is 0 Å². The number of aromatic nitrogens is 2. The summed E-state index contributed by atoms with van der Waals surface area (Å²) in [6, 6.07) is 6.79. The van der Waals surface area contributed by atoms with Gasteiger partial charge in [-0.1, -0.05) is 32.0 Å². The zero-order chi connectivity index (χ0) is 15.4. The van der Waals surface area contributed by atoms with Crippen LogP contribution in [0.15, 0.2) is 24.3 Å². The molecule has 1 aromatic heterocycles. The predicted octanol–water partition coefficient (Wildman–Crippen LogP) is 3.28. The number of nitrogen functional groups attached to an aromatic ring is 1. The highest BCUT2D eigenvalue weighted by molar-refractivity contribution is 5.55. The van der Waals surface area contributed by atoms with Crippen LogP contribution in [-0.2, 0) is 6.42 Å².